The lowest BCUT2D eigenvalue weighted by Crippen LogP contribution is -2.48. The number of fused-ring (bicyclic) bond motifs is 3. The molecule has 1 saturated carbocycles. The third-order valence-corrected chi connectivity index (χ3v) is 7.40. The van der Waals surface area contributed by atoms with Crippen LogP contribution in [0.25, 0.3) is 0 Å². The van der Waals surface area contributed by atoms with E-state index in [1.807, 2.05) is 15.6 Å². The Morgan fingerprint density at radius 3 is 2.53 bits per heavy atom. The number of hydrogen-bond acceptors (Lipinski definition) is 7. The van der Waals surface area contributed by atoms with E-state index in [-0.39, 0.29) is 6.04 Å². The maximum absolute atomic E-state index is 13.9. The fourth-order valence-electron chi connectivity index (χ4n) is 5.60. The van der Waals surface area contributed by atoms with Gasteiger partial charge in [-0.2, -0.15) is 10.1 Å². The molecule has 4 heterocycles. The van der Waals surface area contributed by atoms with Crippen LogP contribution >= 0.6 is 11.6 Å². The van der Waals surface area contributed by atoms with Crippen LogP contribution in [0.1, 0.15) is 25.7 Å². The van der Waals surface area contributed by atoms with Gasteiger partial charge in [0.05, 0.1) is 11.9 Å². The average Bonchev–Trinajstić information content (AvgIpc) is 3.23. The lowest BCUT2D eigenvalue weighted by atomic mass is 9.92. The molecule has 2 aromatic heterocycles. The number of rotatable bonds is 4. The second kappa shape index (κ2) is 8.65. The highest BCUT2D eigenvalue weighted by atomic mass is 35.5. The number of aromatic nitrogens is 5. The normalized spacial score (nSPS) is 24.1. The van der Waals surface area contributed by atoms with Gasteiger partial charge in [0.1, 0.15) is 0 Å². The summed E-state index contributed by atoms with van der Waals surface area (Å²) in [6.07, 6.45) is 5.91. The Kier molecular flexibility index (Phi) is 5.47. The Morgan fingerprint density at radius 1 is 0.971 bits per heavy atom. The molecular formula is C23H25ClF2N8. The van der Waals surface area contributed by atoms with Crippen LogP contribution in [0, 0.1) is 23.5 Å². The van der Waals surface area contributed by atoms with Gasteiger partial charge in [-0.3, -0.25) is 0 Å². The van der Waals surface area contributed by atoms with Crippen molar-refractivity contribution in [1.82, 2.24) is 25.0 Å². The van der Waals surface area contributed by atoms with E-state index in [2.05, 4.69) is 20.4 Å². The summed E-state index contributed by atoms with van der Waals surface area (Å²) < 4.78 is 29.3. The van der Waals surface area contributed by atoms with Crippen molar-refractivity contribution in [3.05, 3.63) is 47.2 Å². The Labute approximate surface area is 200 Å². The summed E-state index contributed by atoms with van der Waals surface area (Å²) in [4.78, 5) is 9.06. The van der Waals surface area contributed by atoms with Gasteiger partial charge in [-0.05, 0) is 49.7 Å². The summed E-state index contributed by atoms with van der Waals surface area (Å²) in [5, 5.41) is 16.6. The lowest BCUT2D eigenvalue weighted by molar-refractivity contribution is 0.376. The summed E-state index contributed by atoms with van der Waals surface area (Å²) in [6.45, 7) is 3.23. The van der Waals surface area contributed by atoms with E-state index >= 15 is 0 Å². The molecule has 1 unspecified atom stereocenters. The Morgan fingerprint density at radius 2 is 1.76 bits per heavy atom. The van der Waals surface area contributed by atoms with Gasteiger partial charge in [0.15, 0.2) is 16.8 Å². The molecule has 1 aliphatic carbocycles. The molecule has 2 fully saturated rings. The van der Waals surface area contributed by atoms with Crippen LogP contribution in [0.3, 0.4) is 0 Å². The molecule has 2 bridgehead atoms. The Balaban J connectivity index is 1.22. The average molecular weight is 487 g/mol. The van der Waals surface area contributed by atoms with E-state index in [1.165, 1.54) is 6.07 Å². The summed E-state index contributed by atoms with van der Waals surface area (Å²) >= 11 is 6.05. The monoisotopic (exact) mass is 486 g/mol. The number of benzene rings is 1. The van der Waals surface area contributed by atoms with Gasteiger partial charge in [-0.15, -0.1) is 10.2 Å². The second-order valence-electron chi connectivity index (χ2n) is 9.32. The molecule has 3 aromatic rings. The van der Waals surface area contributed by atoms with Gasteiger partial charge in [-0.1, -0.05) is 11.6 Å². The molecule has 3 aliphatic rings. The molecule has 0 radical (unpaired) electrons. The van der Waals surface area contributed by atoms with Crippen molar-refractivity contribution in [2.24, 2.45) is 11.8 Å². The standard InChI is InChI=1S/C23H25ClF2N8/c24-20-10-17(11-27-30-20)32-12-14-3-4-15(13-32)21(14)28-22-29-23-33(7-1-2-8-34(23)31-22)16-5-6-18(25)19(26)9-16/h5-6,9-11,14-15,21H,1-4,7-8,12-13H2,(H,28,31)/t14-,15+,21?. The topological polar surface area (TPSA) is 75.0 Å². The van der Waals surface area contributed by atoms with Crippen LogP contribution in [0.15, 0.2) is 30.5 Å². The summed E-state index contributed by atoms with van der Waals surface area (Å²) in [7, 11) is 0. The zero-order valence-electron chi connectivity index (χ0n) is 18.5. The van der Waals surface area contributed by atoms with Crippen LogP contribution in [0.2, 0.25) is 5.15 Å². The van der Waals surface area contributed by atoms with Crippen LogP contribution in [0.5, 0.6) is 0 Å². The zero-order valence-corrected chi connectivity index (χ0v) is 19.3. The number of nitrogens with zero attached hydrogens (tertiary/aromatic N) is 7. The molecule has 1 N–H and O–H groups in total. The third kappa shape index (κ3) is 3.93. The van der Waals surface area contributed by atoms with Crippen molar-refractivity contribution < 1.29 is 8.78 Å². The highest BCUT2D eigenvalue weighted by molar-refractivity contribution is 6.29. The predicted octanol–water partition coefficient (Wildman–Crippen LogP) is 4.26. The highest BCUT2D eigenvalue weighted by Crippen LogP contribution is 2.40. The van der Waals surface area contributed by atoms with E-state index in [9.17, 15) is 8.78 Å². The van der Waals surface area contributed by atoms with Crippen LogP contribution in [0.4, 0.5) is 32.1 Å². The van der Waals surface area contributed by atoms with Crippen LogP contribution in [-0.4, -0.2) is 50.6 Å². The number of halogens is 3. The molecule has 6 rings (SSSR count). The van der Waals surface area contributed by atoms with Crippen molar-refractivity contribution in [3.8, 4) is 0 Å². The molecule has 3 atom stereocenters. The molecular weight excluding hydrogens is 462 g/mol. The van der Waals surface area contributed by atoms with E-state index in [0.29, 0.717) is 41.1 Å². The summed E-state index contributed by atoms with van der Waals surface area (Å²) in [6, 6.07) is 6.12. The van der Waals surface area contributed by atoms with Crippen LogP contribution < -0.4 is 15.1 Å². The fraction of sp³-hybridized carbons (Fsp3) is 0.478. The zero-order chi connectivity index (χ0) is 23.2. The van der Waals surface area contributed by atoms with Crippen molar-refractivity contribution in [2.75, 3.05) is 34.8 Å². The molecule has 8 nitrogen and oxygen atoms in total. The molecule has 34 heavy (non-hydrogen) atoms. The maximum atomic E-state index is 13.9. The van der Waals surface area contributed by atoms with Crippen molar-refractivity contribution in [2.45, 2.75) is 38.3 Å². The quantitative estimate of drug-likeness (QED) is 0.590. The lowest BCUT2D eigenvalue weighted by Gasteiger charge is -2.39. The fourth-order valence-corrected chi connectivity index (χ4v) is 5.75. The smallest absolute Gasteiger partial charge is 0.244 e. The first-order chi connectivity index (χ1) is 16.5. The van der Waals surface area contributed by atoms with Gasteiger partial charge < -0.3 is 15.1 Å². The van der Waals surface area contributed by atoms with Gasteiger partial charge >= 0.3 is 0 Å². The SMILES string of the molecule is Fc1ccc(N2CCCCn3nc(NC4[C@@H]5CC[C@H]4CN(c4cnnc(Cl)c4)C5)nc32)cc1F. The maximum Gasteiger partial charge on any atom is 0.244 e. The van der Waals surface area contributed by atoms with E-state index < -0.39 is 11.6 Å². The van der Waals surface area contributed by atoms with Crippen LogP contribution in [-0.2, 0) is 6.54 Å². The van der Waals surface area contributed by atoms with Crippen molar-refractivity contribution >= 4 is 34.9 Å². The first kappa shape index (κ1) is 21.5. The molecule has 0 amide bonds. The third-order valence-electron chi connectivity index (χ3n) is 7.22. The van der Waals surface area contributed by atoms with E-state index in [4.69, 9.17) is 21.7 Å². The number of piperidine rings is 1. The van der Waals surface area contributed by atoms with Gasteiger partial charge in [0, 0.05) is 50.0 Å². The summed E-state index contributed by atoms with van der Waals surface area (Å²) in [5.74, 6) is 0.448. The second-order valence-corrected chi connectivity index (χ2v) is 9.71. The number of nitrogens with one attached hydrogen (secondary N) is 1. The Hall–Kier alpha value is -3.01. The first-order valence-electron chi connectivity index (χ1n) is 11.7. The van der Waals surface area contributed by atoms with Crippen molar-refractivity contribution in [3.63, 3.8) is 0 Å². The molecule has 2 aliphatic heterocycles. The predicted molar refractivity (Wildman–Crippen MR) is 125 cm³/mol. The molecule has 1 saturated heterocycles. The molecule has 11 heteroatoms. The van der Waals surface area contributed by atoms with Gasteiger partial charge in [-0.25, -0.2) is 13.5 Å². The molecule has 1 aromatic carbocycles. The van der Waals surface area contributed by atoms with Crippen molar-refractivity contribution in [1.29, 1.82) is 0 Å². The molecule has 0 spiro atoms. The molecule has 178 valence electrons. The minimum atomic E-state index is -0.861. The van der Waals surface area contributed by atoms with Gasteiger partial charge in [0.25, 0.3) is 0 Å². The number of hydrogen-bond donors (Lipinski definition) is 1. The van der Waals surface area contributed by atoms with E-state index in [1.54, 1.807) is 12.3 Å². The number of aryl methyl sites for hydroxylation is 1. The Bertz CT molecular complexity index is 1190. The minimum absolute atomic E-state index is 0.282. The van der Waals surface area contributed by atoms with Gasteiger partial charge in [0.2, 0.25) is 11.9 Å². The summed E-state index contributed by atoms with van der Waals surface area (Å²) in [5.41, 5.74) is 1.59. The van der Waals surface area contributed by atoms with E-state index in [0.717, 1.165) is 57.1 Å². The largest absolute Gasteiger partial charge is 0.369 e. The first-order valence-corrected chi connectivity index (χ1v) is 12.1. The number of anilines is 4. The highest BCUT2D eigenvalue weighted by Gasteiger charge is 2.43. The minimum Gasteiger partial charge on any atom is -0.369 e.